The summed E-state index contributed by atoms with van der Waals surface area (Å²) in [4.78, 5) is 12.0. The van der Waals surface area contributed by atoms with Crippen molar-refractivity contribution in [3.8, 4) is 11.7 Å². The van der Waals surface area contributed by atoms with Crippen LogP contribution in [0.15, 0.2) is 25.0 Å². The van der Waals surface area contributed by atoms with Gasteiger partial charge in [-0.1, -0.05) is 6.92 Å². The minimum atomic E-state index is 0.417. The lowest BCUT2D eigenvalue weighted by molar-refractivity contribution is 0.306. The van der Waals surface area contributed by atoms with Crippen LogP contribution in [0, 0.1) is 0 Å². The Morgan fingerprint density at radius 3 is 3.00 bits per heavy atom. The predicted octanol–water partition coefficient (Wildman–Crippen LogP) is 1.03. The van der Waals surface area contributed by atoms with Crippen molar-refractivity contribution in [3.05, 3.63) is 25.0 Å². The highest BCUT2D eigenvalue weighted by molar-refractivity contribution is 5.59. The smallest absolute Gasteiger partial charge is 0.242 e. The van der Waals surface area contributed by atoms with Crippen molar-refractivity contribution >= 4 is 5.69 Å². The Labute approximate surface area is 93.1 Å². The molecular weight excluding hydrogens is 206 g/mol. The molecule has 6 heteroatoms. The summed E-state index contributed by atoms with van der Waals surface area (Å²) in [5, 5.41) is 0. The number of hydrogen-bond donors (Lipinski definition) is 1. The highest BCUT2D eigenvalue weighted by Crippen LogP contribution is 2.23. The van der Waals surface area contributed by atoms with Crippen LogP contribution in [0.3, 0.4) is 0 Å². The Balaban J connectivity index is 2.33. The molecular formula is C10H13N5O. The van der Waals surface area contributed by atoms with Crippen molar-refractivity contribution < 1.29 is 4.74 Å². The van der Waals surface area contributed by atoms with Crippen molar-refractivity contribution in [1.82, 2.24) is 19.5 Å². The van der Waals surface area contributed by atoms with Crippen LogP contribution in [-0.2, 0) is 0 Å². The fourth-order valence-corrected chi connectivity index (χ4v) is 1.27. The first-order valence-corrected chi connectivity index (χ1v) is 5.04. The summed E-state index contributed by atoms with van der Waals surface area (Å²) in [5.74, 6) is 0.999. The Morgan fingerprint density at radius 2 is 2.31 bits per heavy atom. The molecule has 0 saturated heterocycles. The van der Waals surface area contributed by atoms with Crippen molar-refractivity contribution in [3.63, 3.8) is 0 Å². The Hall–Kier alpha value is -2.11. The van der Waals surface area contributed by atoms with Crippen molar-refractivity contribution in [2.24, 2.45) is 0 Å². The number of imidazole rings is 1. The number of aromatic nitrogens is 4. The molecule has 0 aromatic carbocycles. The van der Waals surface area contributed by atoms with Gasteiger partial charge in [-0.2, -0.15) is 4.98 Å². The number of ether oxygens (including phenoxy) is 1. The molecule has 0 unspecified atom stereocenters. The lowest BCUT2D eigenvalue weighted by Crippen LogP contribution is -2.07. The SMILES string of the molecule is CCCOc1ncnc(-n2ccnc2)c1N. The summed E-state index contributed by atoms with van der Waals surface area (Å²) in [7, 11) is 0. The fourth-order valence-electron chi connectivity index (χ4n) is 1.27. The lowest BCUT2D eigenvalue weighted by Gasteiger charge is -2.09. The van der Waals surface area contributed by atoms with Crippen LogP contribution in [0.25, 0.3) is 5.82 Å². The third kappa shape index (κ3) is 1.95. The first-order chi connectivity index (χ1) is 7.83. The highest BCUT2D eigenvalue weighted by Gasteiger charge is 2.09. The molecule has 6 nitrogen and oxygen atoms in total. The fraction of sp³-hybridized carbons (Fsp3) is 0.300. The third-order valence-corrected chi connectivity index (χ3v) is 2.02. The van der Waals surface area contributed by atoms with E-state index < -0.39 is 0 Å². The molecule has 16 heavy (non-hydrogen) atoms. The van der Waals surface area contributed by atoms with E-state index in [0.717, 1.165) is 6.42 Å². The number of nitrogens with two attached hydrogens (primary N) is 1. The lowest BCUT2D eigenvalue weighted by atomic mass is 10.4. The largest absolute Gasteiger partial charge is 0.476 e. The van der Waals surface area contributed by atoms with Crippen molar-refractivity contribution in [1.29, 1.82) is 0 Å². The molecule has 0 amide bonds. The molecule has 2 aromatic rings. The van der Waals surface area contributed by atoms with E-state index in [1.54, 1.807) is 23.3 Å². The Bertz CT molecular complexity index is 454. The van der Waals surface area contributed by atoms with Crippen LogP contribution in [0.2, 0.25) is 0 Å². The standard InChI is InChI=1S/C10H13N5O/c1-2-5-16-10-8(11)9(13-6-14-10)15-4-3-12-7-15/h3-4,6-7H,2,5,11H2,1H3. The molecule has 0 fully saturated rings. The predicted molar refractivity (Wildman–Crippen MR) is 59.4 cm³/mol. The molecule has 2 heterocycles. The van der Waals surface area contributed by atoms with Gasteiger partial charge in [0.05, 0.1) is 6.61 Å². The van der Waals surface area contributed by atoms with Gasteiger partial charge in [0.15, 0.2) is 5.82 Å². The minimum Gasteiger partial charge on any atom is -0.476 e. The van der Waals surface area contributed by atoms with Gasteiger partial charge in [0.2, 0.25) is 5.88 Å². The monoisotopic (exact) mass is 219 g/mol. The average molecular weight is 219 g/mol. The zero-order valence-electron chi connectivity index (χ0n) is 9.00. The summed E-state index contributed by atoms with van der Waals surface area (Å²) in [5.41, 5.74) is 6.34. The molecule has 2 aromatic heterocycles. The summed E-state index contributed by atoms with van der Waals surface area (Å²) >= 11 is 0. The van der Waals surface area contributed by atoms with Gasteiger partial charge in [-0.25, -0.2) is 9.97 Å². The van der Waals surface area contributed by atoms with Gasteiger partial charge >= 0.3 is 0 Å². The van der Waals surface area contributed by atoms with Crippen LogP contribution in [0.1, 0.15) is 13.3 Å². The molecule has 2 N–H and O–H groups in total. The second-order valence-electron chi connectivity index (χ2n) is 3.23. The van der Waals surface area contributed by atoms with E-state index >= 15 is 0 Å². The average Bonchev–Trinajstić information content (AvgIpc) is 2.81. The van der Waals surface area contributed by atoms with Crippen LogP contribution in [0.5, 0.6) is 5.88 Å². The number of rotatable bonds is 4. The van der Waals surface area contributed by atoms with E-state index in [1.165, 1.54) is 6.33 Å². The van der Waals surface area contributed by atoms with Gasteiger partial charge in [0, 0.05) is 12.4 Å². The molecule has 0 radical (unpaired) electrons. The van der Waals surface area contributed by atoms with Gasteiger partial charge in [-0.05, 0) is 6.42 Å². The molecule has 2 rings (SSSR count). The topological polar surface area (TPSA) is 78.9 Å². The first kappa shape index (κ1) is 10.4. The quantitative estimate of drug-likeness (QED) is 0.830. The maximum atomic E-state index is 5.92. The Morgan fingerprint density at radius 1 is 1.44 bits per heavy atom. The number of hydrogen-bond acceptors (Lipinski definition) is 5. The molecule has 0 saturated carbocycles. The van der Waals surface area contributed by atoms with Gasteiger partial charge in [-0.3, -0.25) is 4.57 Å². The Kier molecular flexibility index (Phi) is 3.00. The van der Waals surface area contributed by atoms with E-state index in [1.807, 2.05) is 6.92 Å². The van der Waals surface area contributed by atoms with E-state index in [9.17, 15) is 0 Å². The zero-order valence-corrected chi connectivity index (χ0v) is 9.00. The van der Waals surface area contributed by atoms with Gasteiger partial charge < -0.3 is 10.5 Å². The maximum absolute atomic E-state index is 5.92. The van der Waals surface area contributed by atoms with Gasteiger partial charge in [-0.15, -0.1) is 0 Å². The normalized spacial score (nSPS) is 10.3. The molecule has 0 aliphatic carbocycles. The molecule has 0 bridgehead atoms. The van der Waals surface area contributed by atoms with E-state index in [0.29, 0.717) is 24.0 Å². The van der Waals surface area contributed by atoms with Crippen LogP contribution in [-0.4, -0.2) is 26.1 Å². The summed E-state index contributed by atoms with van der Waals surface area (Å²) in [6.07, 6.45) is 7.39. The molecule has 84 valence electrons. The van der Waals surface area contributed by atoms with E-state index in [4.69, 9.17) is 10.5 Å². The van der Waals surface area contributed by atoms with Crippen molar-refractivity contribution in [2.45, 2.75) is 13.3 Å². The van der Waals surface area contributed by atoms with Crippen LogP contribution < -0.4 is 10.5 Å². The number of anilines is 1. The highest BCUT2D eigenvalue weighted by atomic mass is 16.5. The van der Waals surface area contributed by atoms with Crippen LogP contribution in [0.4, 0.5) is 5.69 Å². The first-order valence-electron chi connectivity index (χ1n) is 5.04. The minimum absolute atomic E-state index is 0.417. The van der Waals surface area contributed by atoms with Gasteiger partial charge in [0.25, 0.3) is 0 Å². The molecule has 0 aliphatic heterocycles. The summed E-state index contributed by atoms with van der Waals surface area (Å²) in [6, 6.07) is 0. The number of nitrogens with zero attached hydrogens (tertiary/aromatic N) is 4. The van der Waals surface area contributed by atoms with E-state index in [-0.39, 0.29) is 0 Å². The zero-order chi connectivity index (χ0) is 11.4. The third-order valence-electron chi connectivity index (χ3n) is 2.02. The van der Waals surface area contributed by atoms with Crippen LogP contribution >= 0.6 is 0 Å². The second-order valence-corrected chi connectivity index (χ2v) is 3.23. The summed E-state index contributed by atoms with van der Waals surface area (Å²) < 4.78 is 7.13. The molecule has 0 spiro atoms. The summed E-state index contributed by atoms with van der Waals surface area (Å²) in [6.45, 7) is 2.61. The molecule has 0 aliphatic rings. The number of nitrogen functional groups attached to an aromatic ring is 1. The maximum Gasteiger partial charge on any atom is 0.242 e. The van der Waals surface area contributed by atoms with E-state index in [2.05, 4.69) is 15.0 Å². The second kappa shape index (κ2) is 4.61. The van der Waals surface area contributed by atoms with Gasteiger partial charge in [0.1, 0.15) is 18.3 Å². The molecule has 0 atom stereocenters. The van der Waals surface area contributed by atoms with Crippen molar-refractivity contribution in [2.75, 3.05) is 12.3 Å².